The third kappa shape index (κ3) is 4.16. The molecule has 0 aliphatic carbocycles. The van der Waals surface area contributed by atoms with Crippen LogP contribution in [0.5, 0.6) is 0 Å². The van der Waals surface area contributed by atoms with Gasteiger partial charge in [0.2, 0.25) is 0 Å². The predicted molar refractivity (Wildman–Crippen MR) is 74.9 cm³/mol. The molecule has 112 valence electrons. The molecule has 8 heteroatoms. The number of sulfone groups is 1. The molecule has 0 bridgehead atoms. The molecule has 1 aliphatic heterocycles. The molecule has 1 atom stereocenters. The molecular weight excluding hydrogens is 297 g/mol. The standard InChI is InChI=1S/C13H14FN3O3S/c14-11-5-9(6-15)1-2-12(11)17-13(18)16-7-10-3-4-21(19,20)8-10/h1-2,5,10H,3-4,7-8H2,(H2,16,17,18). The lowest BCUT2D eigenvalue weighted by molar-refractivity contribution is 0.250. The molecular formula is C13H14FN3O3S. The molecule has 0 saturated carbocycles. The Kier molecular flexibility index (Phi) is 4.43. The molecule has 21 heavy (non-hydrogen) atoms. The van der Waals surface area contributed by atoms with E-state index in [4.69, 9.17) is 5.26 Å². The zero-order valence-electron chi connectivity index (χ0n) is 11.1. The second-order valence-electron chi connectivity index (χ2n) is 4.91. The molecule has 0 radical (unpaired) electrons. The Balaban J connectivity index is 1.87. The van der Waals surface area contributed by atoms with Crippen molar-refractivity contribution in [1.82, 2.24) is 5.32 Å². The van der Waals surface area contributed by atoms with Crippen LogP contribution in [0.2, 0.25) is 0 Å². The molecule has 2 N–H and O–H groups in total. The predicted octanol–water partition coefficient (Wildman–Crippen LogP) is 1.25. The van der Waals surface area contributed by atoms with Crippen LogP contribution in [-0.4, -0.2) is 32.5 Å². The SMILES string of the molecule is N#Cc1ccc(NC(=O)NCC2CCS(=O)(=O)C2)c(F)c1. The highest BCUT2D eigenvalue weighted by Crippen LogP contribution is 2.18. The van der Waals surface area contributed by atoms with Crippen LogP contribution in [0, 0.1) is 23.1 Å². The van der Waals surface area contributed by atoms with E-state index in [-0.39, 0.29) is 35.2 Å². The molecule has 6 nitrogen and oxygen atoms in total. The monoisotopic (exact) mass is 311 g/mol. The van der Waals surface area contributed by atoms with Gasteiger partial charge >= 0.3 is 6.03 Å². The minimum Gasteiger partial charge on any atom is -0.338 e. The summed E-state index contributed by atoms with van der Waals surface area (Å²) in [5, 5.41) is 13.5. The summed E-state index contributed by atoms with van der Waals surface area (Å²) in [7, 11) is -2.98. The molecule has 1 aliphatic rings. The van der Waals surface area contributed by atoms with Gasteiger partial charge < -0.3 is 10.6 Å². The van der Waals surface area contributed by atoms with Crippen molar-refractivity contribution < 1.29 is 17.6 Å². The van der Waals surface area contributed by atoms with Gasteiger partial charge in [0.05, 0.1) is 28.8 Å². The lowest BCUT2D eigenvalue weighted by atomic mass is 10.1. The Morgan fingerprint density at radius 3 is 2.81 bits per heavy atom. The summed E-state index contributed by atoms with van der Waals surface area (Å²) in [6.07, 6.45) is 0.522. The fraction of sp³-hybridized carbons (Fsp3) is 0.385. The van der Waals surface area contributed by atoms with Crippen molar-refractivity contribution in [2.24, 2.45) is 5.92 Å². The molecule has 1 unspecified atom stereocenters. The van der Waals surface area contributed by atoms with E-state index in [1.807, 2.05) is 0 Å². The van der Waals surface area contributed by atoms with E-state index in [1.165, 1.54) is 12.1 Å². The van der Waals surface area contributed by atoms with E-state index in [0.717, 1.165) is 6.07 Å². The maximum atomic E-state index is 13.6. The number of nitrogens with one attached hydrogen (secondary N) is 2. The average molecular weight is 311 g/mol. The molecule has 2 rings (SSSR count). The van der Waals surface area contributed by atoms with Gasteiger partial charge in [-0.3, -0.25) is 0 Å². The van der Waals surface area contributed by atoms with Gasteiger partial charge in [0, 0.05) is 6.54 Å². The van der Waals surface area contributed by atoms with Crippen LogP contribution in [0.15, 0.2) is 18.2 Å². The van der Waals surface area contributed by atoms with Gasteiger partial charge in [-0.2, -0.15) is 5.26 Å². The van der Waals surface area contributed by atoms with Crippen LogP contribution in [0.3, 0.4) is 0 Å². The molecule has 1 aromatic carbocycles. The molecule has 1 fully saturated rings. The Morgan fingerprint density at radius 1 is 1.48 bits per heavy atom. The minimum absolute atomic E-state index is 0.0365. The quantitative estimate of drug-likeness (QED) is 0.877. The summed E-state index contributed by atoms with van der Waals surface area (Å²) >= 11 is 0. The Bertz CT molecular complexity index is 697. The van der Waals surface area contributed by atoms with Crippen molar-refractivity contribution in [3.63, 3.8) is 0 Å². The lowest BCUT2D eigenvalue weighted by Crippen LogP contribution is -2.33. The number of nitriles is 1. The minimum atomic E-state index is -2.98. The highest BCUT2D eigenvalue weighted by molar-refractivity contribution is 7.91. The van der Waals surface area contributed by atoms with Crippen LogP contribution in [0.4, 0.5) is 14.9 Å². The van der Waals surface area contributed by atoms with Crippen molar-refractivity contribution in [1.29, 1.82) is 5.26 Å². The van der Waals surface area contributed by atoms with Gasteiger partial charge in [0.1, 0.15) is 5.82 Å². The highest BCUT2D eigenvalue weighted by Gasteiger charge is 2.27. The molecule has 0 aromatic heterocycles. The van der Waals surface area contributed by atoms with Gasteiger partial charge in [-0.15, -0.1) is 0 Å². The van der Waals surface area contributed by atoms with E-state index >= 15 is 0 Å². The van der Waals surface area contributed by atoms with Crippen LogP contribution >= 0.6 is 0 Å². The number of nitrogens with zero attached hydrogens (tertiary/aromatic N) is 1. The van der Waals surface area contributed by atoms with Gasteiger partial charge in [0.15, 0.2) is 9.84 Å². The summed E-state index contributed by atoms with van der Waals surface area (Å²) in [5.74, 6) is -0.594. The summed E-state index contributed by atoms with van der Waals surface area (Å²) in [5.41, 5.74) is 0.125. The normalized spacial score (nSPS) is 19.7. The van der Waals surface area contributed by atoms with Gasteiger partial charge in [0.25, 0.3) is 0 Å². The number of benzene rings is 1. The second kappa shape index (κ2) is 6.10. The maximum absolute atomic E-state index is 13.6. The highest BCUT2D eigenvalue weighted by atomic mass is 32.2. The summed E-state index contributed by atoms with van der Waals surface area (Å²) < 4.78 is 36.1. The number of hydrogen-bond donors (Lipinski definition) is 2. The van der Waals surface area contributed by atoms with Crippen molar-refractivity contribution in [3.8, 4) is 6.07 Å². The third-order valence-electron chi connectivity index (χ3n) is 3.22. The van der Waals surface area contributed by atoms with Crippen molar-refractivity contribution in [2.45, 2.75) is 6.42 Å². The number of hydrogen-bond acceptors (Lipinski definition) is 4. The smallest absolute Gasteiger partial charge is 0.319 e. The molecule has 1 saturated heterocycles. The first-order valence-corrected chi connectivity index (χ1v) is 8.17. The molecule has 1 aromatic rings. The fourth-order valence-corrected chi connectivity index (χ4v) is 3.98. The molecule has 2 amide bonds. The second-order valence-corrected chi connectivity index (χ2v) is 7.14. The Labute approximate surface area is 121 Å². The largest absolute Gasteiger partial charge is 0.338 e. The first kappa shape index (κ1) is 15.3. The summed E-state index contributed by atoms with van der Waals surface area (Å²) in [6.45, 7) is 0.225. The van der Waals surface area contributed by atoms with E-state index in [2.05, 4.69) is 10.6 Å². The number of urea groups is 1. The fourth-order valence-electron chi connectivity index (χ4n) is 2.12. The average Bonchev–Trinajstić information content (AvgIpc) is 2.78. The number of halogens is 1. The maximum Gasteiger partial charge on any atom is 0.319 e. The first-order valence-electron chi connectivity index (χ1n) is 6.34. The zero-order valence-corrected chi connectivity index (χ0v) is 11.9. The van der Waals surface area contributed by atoms with Gasteiger partial charge in [-0.25, -0.2) is 17.6 Å². The zero-order chi connectivity index (χ0) is 15.5. The van der Waals surface area contributed by atoms with Crippen LogP contribution in [-0.2, 0) is 9.84 Å². The Hall–Kier alpha value is -2.14. The van der Waals surface area contributed by atoms with Crippen LogP contribution in [0.1, 0.15) is 12.0 Å². The topological polar surface area (TPSA) is 99.1 Å². The van der Waals surface area contributed by atoms with E-state index in [9.17, 15) is 17.6 Å². The van der Waals surface area contributed by atoms with Crippen molar-refractivity contribution in [3.05, 3.63) is 29.6 Å². The molecule has 1 heterocycles. The van der Waals surface area contributed by atoms with Crippen molar-refractivity contribution in [2.75, 3.05) is 23.4 Å². The van der Waals surface area contributed by atoms with E-state index in [1.54, 1.807) is 6.07 Å². The first-order chi connectivity index (χ1) is 9.89. The lowest BCUT2D eigenvalue weighted by Gasteiger charge is -2.11. The number of anilines is 1. The van der Waals surface area contributed by atoms with Gasteiger partial charge in [-0.05, 0) is 30.5 Å². The number of rotatable bonds is 3. The van der Waals surface area contributed by atoms with Crippen LogP contribution in [0.25, 0.3) is 0 Å². The summed E-state index contributed by atoms with van der Waals surface area (Å²) in [6, 6.07) is 4.90. The van der Waals surface area contributed by atoms with Gasteiger partial charge in [-0.1, -0.05) is 0 Å². The number of carbonyl (C=O) groups is 1. The Morgan fingerprint density at radius 2 is 2.24 bits per heavy atom. The number of amides is 2. The van der Waals surface area contributed by atoms with Crippen LogP contribution < -0.4 is 10.6 Å². The van der Waals surface area contributed by atoms with E-state index < -0.39 is 21.7 Å². The summed E-state index contributed by atoms with van der Waals surface area (Å²) in [4.78, 5) is 11.6. The molecule has 0 spiro atoms. The van der Waals surface area contributed by atoms with E-state index in [0.29, 0.717) is 6.42 Å². The van der Waals surface area contributed by atoms with Crippen molar-refractivity contribution >= 4 is 21.6 Å². The third-order valence-corrected chi connectivity index (χ3v) is 5.06. The number of carbonyl (C=O) groups excluding carboxylic acids is 1.